The maximum atomic E-state index is 12.4. The lowest BCUT2D eigenvalue weighted by molar-refractivity contribution is -0.383. The van der Waals surface area contributed by atoms with Crippen molar-refractivity contribution in [2.45, 2.75) is 6.42 Å². The number of aryl methyl sites for hydroxylation is 1. The van der Waals surface area contributed by atoms with Gasteiger partial charge in [-0.05, 0) is 18.1 Å². The predicted octanol–water partition coefficient (Wildman–Crippen LogP) is 2.73. The Morgan fingerprint density at radius 1 is 1.05 bits per heavy atom. The Morgan fingerprint density at radius 3 is 2.30 bits per heavy atom. The van der Waals surface area contributed by atoms with Crippen LogP contribution in [0.5, 0.6) is 0 Å². The molecule has 6 heteroatoms. The molecule has 5 nitrogen and oxygen atoms in total. The van der Waals surface area contributed by atoms with Crippen molar-refractivity contribution in [2.24, 2.45) is 0 Å². The van der Waals surface area contributed by atoms with Gasteiger partial charge in [0.25, 0.3) is 5.69 Å². The fraction of sp³-hybridized carbons (Fsp3) is 0.143. The van der Waals surface area contributed by atoms with Crippen LogP contribution in [0.15, 0.2) is 54.6 Å². The number of hydrogen-bond donors (Lipinski definition) is 1. The van der Waals surface area contributed by atoms with Crippen molar-refractivity contribution in [1.82, 2.24) is 0 Å². The Balaban J connectivity index is 2.23. The fourth-order valence-corrected chi connectivity index (χ4v) is 3.60. The summed E-state index contributed by atoms with van der Waals surface area (Å²) in [7, 11) is -3.74. The monoisotopic (exact) mass is 291 g/mol. The molecule has 0 aliphatic rings. The van der Waals surface area contributed by atoms with Crippen LogP contribution >= 0.6 is 7.37 Å². The van der Waals surface area contributed by atoms with Gasteiger partial charge in [-0.15, -0.1) is 0 Å². The second kappa shape index (κ2) is 5.99. The van der Waals surface area contributed by atoms with Crippen LogP contribution < -0.4 is 5.30 Å². The molecule has 0 bridgehead atoms. The molecule has 0 radical (unpaired) electrons. The van der Waals surface area contributed by atoms with Crippen molar-refractivity contribution in [3.63, 3.8) is 0 Å². The van der Waals surface area contributed by atoms with E-state index in [1.54, 1.807) is 0 Å². The van der Waals surface area contributed by atoms with E-state index in [9.17, 15) is 19.6 Å². The maximum absolute atomic E-state index is 12.4. The van der Waals surface area contributed by atoms with Gasteiger partial charge in [0.1, 0.15) is 5.30 Å². The van der Waals surface area contributed by atoms with Gasteiger partial charge in [0.2, 0.25) is 7.37 Å². The van der Waals surface area contributed by atoms with Gasteiger partial charge < -0.3 is 4.89 Å². The van der Waals surface area contributed by atoms with E-state index in [0.29, 0.717) is 6.42 Å². The van der Waals surface area contributed by atoms with Gasteiger partial charge in [-0.2, -0.15) is 0 Å². The summed E-state index contributed by atoms with van der Waals surface area (Å²) in [5, 5.41) is 10.8. The highest BCUT2D eigenvalue weighted by atomic mass is 31.2. The molecule has 0 fully saturated rings. The van der Waals surface area contributed by atoms with Gasteiger partial charge in [0.15, 0.2) is 0 Å². The highest BCUT2D eigenvalue weighted by Crippen LogP contribution is 2.42. The van der Waals surface area contributed by atoms with E-state index in [-0.39, 0.29) is 17.2 Å². The first-order valence-electron chi connectivity index (χ1n) is 6.10. The zero-order valence-corrected chi connectivity index (χ0v) is 11.6. The lowest BCUT2D eigenvalue weighted by Gasteiger charge is -2.12. The van der Waals surface area contributed by atoms with E-state index >= 15 is 0 Å². The first kappa shape index (κ1) is 14.4. The van der Waals surface area contributed by atoms with Crippen LogP contribution in [-0.2, 0) is 11.0 Å². The summed E-state index contributed by atoms with van der Waals surface area (Å²) >= 11 is 0. The van der Waals surface area contributed by atoms with Crippen LogP contribution in [0.1, 0.15) is 5.56 Å². The number of hydrogen-bond acceptors (Lipinski definition) is 3. The van der Waals surface area contributed by atoms with Gasteiger partial charge in [0, 0.05) is 12.2 Å². The van der Waals surface area contributed by atoms with Crippen molar-refractivity contribution in [1.29, 1.82) is 0 Å². The van der Waals surface area contributed by atoms with Crippen LogP contribution in [0.3, 0.4) is 0 Å². The first-order valence-corrected chi connectivity index (χ1v) is 7.95. The molecule has 0 aliphatic heterocycles. The fourth-order valence-electron chi connectivity index (χ4n) is 1.96. The van der Waals surface area contributed by atoms with Crippen LogP contribution in [0.25, 0.3) is 0 Å². The molecule has 2 aromatic rings. The summed E-state index contributed by atoms with van der Waals surface area (Å²) in [6.45, 7) is 0. The third-order valence-corrected chi connectivity index (χ3v) is 4.96. The van der Waals surface area contributed by atoms with Crippen LogP contribution in [0.2, 0.25) is 0 Å². The molecule has 0 saturated heterocycles. The summed E-state index contributed by atoms with van der Waals surface area (Å²) in [6, 6.07) is 14.9. The standard InChI is InChI=1S/C14H14NO4P/c16-15(17)13-8-4-5-9-14(13)20(18,19)11-10-12-6-2-1-3-7-12/h1-9H,10-11H2,(H,18,19). The third kappa shape index (κ3) is 3.32. The van der Waals surface area contributed by atoms with Gasteiger partial charge in [-0.25, -0.2) is 0 Å². The summed E-state index contributed by atoms with van der Waals surface area (Å²) in [4.78, 5) is 20.4. The second-order valence-corrected chi connectivity index (χ2v) is 6.74. The first-order chi connectivity index (χ1) is 9.50. The molecule has 2 aromatic carbocycles. The Morgan fingerprint density at radius 2 is 1.65 bits per heavy atom. The average Bonchev–Trinajstić information content (AvgIpc) is 2.46. The molecular weight excluding hydrogens is 277 g/mol. The molecule has 2 rings (SSSR count). The number of nitro groups is 1. The number of benzene rings is 2. The van der Waals surface area contributed by atoms with E-state index in [0.717, 1.165) is 5.56 Å². The van der Waals surface area contributed by atoms with Crippen molar-refractivity contribution in [2.75, 3.05) is 6.16 Å². The Hall–Kier alpha value is -1.97. The highest BCUT2D eigenvalue weighted by molar-refractivity contribution is 7.66. The van der Waals surface area contributed by atoms with E-state index in [1.165, 1.54) is 24.3 Å². The third-order valence-electron chi connectivity index (χ3n) is 3.00. The molecule has 20 heavy (non-hydrogen) atoms. The van der Waals surface area contributed by atoms with Crippen LogP contribution in [-0.4, -0.2) is 16.0 Å². The van der Waals surface area contributed by atoms with Crippen LogP contribution in [0, 0.1) is 10.1 Å². The van der Waals surface area contributed by atoms with E-state index in [4.69, 9.17) is 0 Å². The minimum Gasteiger partial charge on any atom is -0.341 e. The highest BCUT2D eigenvalue weighted by Gasteiger charge is 2.29. The lowest BCUT2D eigenvalue weighted by Crippen LogP contribution is -2.13. The zero-order chi connectivity index (χ0) is 14.6. The molecule has 0 amide bonds. The Labute approximate surface area is 116 Å². The summed E-state index contributed by atoms with van der Waals surface area (Å²) < 4.78 is 12.4. The van der Waals surface area contributed by atoms with Crippen molar-refractivity contribution in [3.05, 3.63) is 70.3 Å². The van der Waals surface area contributed by atoms with Crippen molar-refractivity contribution in [3.8, 4) is 0 Å². The summed E-state index contributed by atoms with van der Waals surface area (Å²) in [5.41, 5.74) is 0.631. The second-order valence-electron chi connectivity index (χ2n) is 4.41. The minimum absolute atomic E-state index is 0.0120. The molecular formula is C14H14NO4P. The van der Waals surface area contributed by atoms with Gasteiger partial charge in [0.05, 0.1) is 4.92 Å². The summed E-state index contributed by atoms with van der Waals surface area (Å²) in [5.74, 6) is 0. The predicted molar refractivity (Wildman–Crippen MR) is 77.6 cm³/mol. The molecule has 104 valence electrons. The SMILES string of the molecule is O=[N+]([O-])c1ccccc1P(=O)(O)CCc1ccccc1. The number of rotatable bonds is 5. The maximum Gasteiger partial charge on any atom is 0.282 e. The normalized spacial score (nSPS) is 13.7. The van der Waals surface area contributed by atoms with Crippen LogP contribution in [0.4, 0.5) is 5.69 Å². The quantitative estimate of drug-likeness (QED) is 0.522. The molecule has 1 atom stereocenters. The number of para-hydroxylation sites is 1. The summed E-state index contributed by atoms with van der Waals surface area (Å²) in [6.07, 6.45) is 0.391. The molecule has 1 unspecified atom stereocenters. The topological polar surface area (TPSA) is 80.4 Å². The Kier molecular flexibility index (Phi) is 4.32. The van der Waals surface area contributed by atoms with Crippen molar-refractivity contribution >= 4 is 18.4 Å². The zero-order valence-electron chi connectivity index (χ0n) is 10.7. The smallest absolute Gasteiger partial charge is 0.282 e. The minimum atomic E-state index is -3.74. The van der Waals surface area contributed by atoms with E-state index < -0.39 is 12.3 Å². The molecule has 0 spiro atoms. The largest absolute Gasteiger partial charge is 0.341 e. The molecule has 0 heterocycles. The van der Waals surface area contributed by atoms with E-state index in [2.05, 4.69) is 0 Å². The van der Waals surface area contributed by atoms with Gasteiger partial charge in [-0.3, -0.25) is 14.7 Å². The lowest BCUT2D eigenvalue weighted by atomic mass is 10.2. The van der Waals surface area contributed by atoms with Gasteiger partial charge >= 0.3 is 0 Å². The molecule has 0 saturated carbocycles. The molecule has 0 aliphatic carbocycles. The van der Waals surface area contributed by atoms with Gasteiger partial charge in [-0.1, -0.05) is 42.5 Å². The van der Waals surface area contributed by atoms with E-state index in [1.807, 2.05) is 30.3 Å². The number of nitrogens with zero attached hydrogens (tertiary/aromatic N) is 1. The Bertz CT molecular complexity index is 657. The molecule has 0 aromatic heterocycles. The van der Waals surface area contributed by atoms with Crippen molar-refractivity contribution < 1.29 is 14.4 Å². The number of nitro benzene ring substituents is 1. The molecule has 1 N–H and O–H groups in total. The average molecular weight is 291 g/mol.